The Morgan fingerprint density at radius 2 is 2.00 bits per heavy atom. The Hall–Kier alpha value is -0.220. The molecule has 0 aliphatic heterocycles. The maximum Gasteiger partial charge on any atom is 0.235 e. The van der Waals surface area contributed by atoms with Gasteiger partial charge in [-0.05, 0) is 12.8 Å². The van der Waals surface area contributed by atoms with Crippen molar-refractivity contribution in [2.45, 2.75) is 43.4 Å². The normalized spacial score (nSPS) is 21.3. The van der Waals surface area contributed by atoms with Gasteiger partial charge in [0.05, 0.1) is 6.04 Å². The second-order valence-corrected chi connectivity index (χ2v) is 4.94. The Kier molecular flexibility index (Phi) is 4.59. The van der Waals surface area contributed by atoms with Crippen LogP contribution >= 0.6 is 11.8 Å². The predicted octanol–water partition coefficient (Wildman–Crippen LogP) is 0.865. The minimum absolute atomic E-state index is 0.386. The van der Waals surface area contributed by atoms with Crippen molar-refractivity contribution in [3.8, 4) is 0 Å². The number of amides is 1. The molecule has 4 N–H and O–H groups in total. The summed E-state index contributed by atoms with van der Waals surface area (Å²) < 4.78 is 0. The molecule has 0 radical (unpaired) electrons. The molecule has 0 unspecified atom stereocenters. The zero-order valence-electron chi connectivity index (χ0n) is 7.87. The Morgan fingerprint density at radius 1 is 1.38 bits per heavy atom. The molecule has 0 saturated heterocycles. The lowest BCUT2D eigenvalue weighted by Gasteiger charge is -2.21. The number of hydrogen-bond acceptors (Lipinski definition) is 3. The van der Waals surface area contributed by atoms with E-state index in [1.807, 2.05) is 11.8 Å². The molecule has 1 aliphatic carbocycles. The highest BCUT2D eigenvalue weighted by molar-refractivity contribution is 7.99. The first-order valence-corrected chi connectivity index (χ1v) is 5.91. The van der Waals surface area contributed by atoms with Gasteiger partial charge in [0.1, 0.15) is 0 Å². The highest BCUT2D eigenvalue weighted by atomic mass is 32.2. The smallest absolute Gasteiger partial charge is 0.235 e. The summed E-state index contributed by atoms with van der Waals surface area (Å²) in [6.07, 6.45) is 6.55. The van der Waals surface area contributed by atoms with Gasteiger partial charge in [-0.25, -0.2) is 0 Å². The first-order valence-electron chi connectivity index (χ1n) is 4.86. The molecule has 1 rings (SSSR count). The largest absolute Gasteiger partial charge is 0.368 e. The molecule has 0 aromatic heterocycles. The molecule has 76 valence electrons. The van der Waals surface area contributed by atoms with Crippen molar-refractivity contribution < 1.29 is 4.79 Å². The molecule has 3 nitrogen and oxygen atoms in total. The third kappa shape index (κ3) is 4.00. The highest BCUT2D eigenvalue weighted by Gasteiger charge is 2.16. The van der Waals surface area contributed by atoms with E-state index in [0.717, 1.165) is 0 Å². The molecule has 0 aromatic rings. The fraction of sp³-hybridized carbons (Fsp3) is 0.889. The van der Waals surface area contributed by atoms with E-state index >= 15 is 0 Å². The molecule has 1 saturated carbocycles. The third-order valence-electron chi connectivity index (χ3n) is 2.43. The minimum atomic E-state index is -0.466. The minimum Gasteiger partial charge on any atom is -0.368 e. The van der Waals surface area contributed by atoms with Gasteiger partial charge in [-0.2, -0.15) is 11.8 Å². The van der Waals surface area contributed by atoms with E-state index in [1.54, 1.807) is 0 Å². The van der Waals surface area contributed by atoms with Crippen LogP contribution < -0.4 is 11.5 Å². The molecule has 0 aromatic carbocycles. The van der Waals surface area contributed by atoms with Crippen molar-refractivity contribution >= 4 is 17.7 Å². The van der Waals surface area contributed by atoms with Gasteiger partial charge < -0.3 is 11.5 Å². The molecule has 1 atom stereocenters. The van der Waals surface area contributed by atoms with Gasteiger partial charge in [-0.1, -0.05) is 19.3 Å². The standard InChI is InChI=1S/C9H18N2OS/c10-8(9(11)12)6-13-7-4-2-1-3-5-7/h7-8H,1-6,10H2,(H2,11,12)/t8-/m0/s1. The quantitative estimate of drug-likeness (QED) is 0.710. The van der Waals surface area contributed by atoms with Crippen LogP contribution in [0.1, 0.15) is 32.1 Å². The summed E-state index contributed by atoms with van der Waals surface area (Å²) in [4.78, 5) is 10.7. The number of thioether (sulfide) groups is 1. The monoisotopic (exact) mass is 202 g/mol. The molecule has 1 aliphatic rings. The van der Waals surface area contributed by atoms with Crippen molar-refractivity contribution in [2.24, 2.45) is 11.5 Å². The van der Waals surface area contributed by atoms with Crippen LogP contribution in [0.4, 0.5) is 0 Å². The summed E-state index contributed by atoms with van der Waals surface area (Å²) in [5.74, 6) is 0.295. The first kappa shape index (κ1) is 10.9. The maximum absolute atomic E-state index is 10.7. The van der Waals surface area contributed by atoms with E-state index in [2.05, 4.69) is 0 Å². The van der Waals surface area contributed by atoms with Crippen LogP contribution in [-0.2, 0) is 4.79 Å². The van der Waals surface area contributed by atoms with Crippen LogP contribution in [0.5, 0.6) is 0 Å². The summed E-state index contributed by atoms with van der Waals surface area (Å²) in [6.45, 7) is 0. The molecule has 0 spiro atoms. The van der Waals surface area contributed by atoms with E-state index in [0.29, 0.717) is 11.0 Å². The van der Waals surface area contributed by atoms with Crippen LogP contribution in [0, 0.1) is 0 Å². The lowest BCUT2D eigenvalue weighted by molar-refractivity contribution is -0.118. The van der Waals surface area contributed by atoms with Crippen molar-refractivity contribution in [2.75, 3.05) is 5.75 Å². The molecule has 1 amide bonds. The van der Waals surface area contributed by atoms with Crippen molar-refractivity contribution in [3.05, 3.63) is 0 Å². The van der Waals surface area contributed by atoms with Crippen LogP contribution in [0.2, 0.25) is 0 Å². The van der Waals surface area contributed by atoms with Crippen molar-refractivity contribution in [3.63, 3.8) is 0 Å². The van der Waals surface area contributed by atoms with Gasteiger partial charge in [-0.15, -0.1) is 0 Å². The maximum atomic E-state index is 10.7. The van der Waals surface area contributed by atoms with Gasteiger partial charge in [-0.3, -0.25) is 4.79 Å². The van der Waals surface area contributed by atoms with Gasteiger partial charge in [0.2, 0.25) is 5.91 Å². The van der Waals surface area contributed by atoms with Gasteiger partial charge in [0.25, 0.3) is 0 Å². The number of primary amides is 1. The van der Waals surface area contributed by atoms with E-state index in [4.69, 9.17) is 11.5 Å². The molecule has 0 bridgehead atoms. The summed E-state index contributed by atoms with van der Waals surface area (Å²) in [6, 6.07) is -0.466. The molecular weight excluding hydrogens is 184 g/mol. The summed E-state index contributed by atoms with van der Waals surface area (Å²) in [5.41, 5.74) is 10.6. The van der Waals surface area contributed by atoms with Crippen LogP contribution in [0.25, 0.3) is 0 Å². The molecule has 13 heavy (non-hydrogen) atoms. The van der Waals surface area contributed by atoms with E-state index in [-0.39, 0.29) is 5.91 Å². The second kappa shape index (κ2) is 5.50. The average Bonchev–Trinajstić information content (AvgIpc) is 2.15. The van der Waals surface area contributed by atoms with E-state index in [1.165, 1.54) is 32.1 Å². The zero-order valence-corrected chi connectivity index (χ0v) is 8.69. The first-order chi connectivity index (χ1) is 6.20. The summed E-state index contributed by atoms with van der Waals surface area (Å²) >= 11 is 1.81. The number of nitrogens with two attached hydrogens (primary N) is 2. The number of carbonyl (C=O) groups is 1. The second-order valence-electron chi connectivity index (χ2n) is 3.60. The molecular formula is C9H18N2OS. The third-order valence-corrected chi connectivity index (χ3v) is 3.92. The molecule has 0 heterocycles. The van der Waals surface area contributed by atoms with E-state index < -0.39 is 6.04 Å². The Labute approximate surface area is 83.6 Å². The van der Waals surface area contributed by atoms with Crippen molar-refractivity contribution in [1.82, 2.24) is 0 Å². The highest BCUT2D eigenvalue weighted by Crippen LogP contribution is 2.28. The predicted molar refractivity (Wildman–Crippen MR) is 56.5 cm³/mol. The molecule has 4 heteroatoms. The van der Waals surface area contributed by atoms with Gasteiger partial charge in [0.15, 0.2) is 0 Å². The van der Waals surface area contributed by atoms with Gasteiger partial charge in [0, 0.05) is 11.0 Å². The fourth-order valence-corrected chi connectivity index (χ4v) is 2.86. The topological polar surface area (TPSA) is 69.1 Å². The number of carbonyl (C=O) groups excluding carboxylic acids is 1. The van der Waals surface area contributed by atoms with Crippen LogP contribution in [0.3, 0.4) is 0 Å². The lowest BCUT2D eigenvalue weighted by Crippen LogP contribution is -2.38. The van der Waals surface area contributed by atoms with E-state index in [9.17, 15) is 4.79 Å². The lowest BCUT2D eigenvalue weighted by atomic mass is 10.0. The Balaban J connectivity index is 2.13. The number of rotatable bonds is 4. The number of hydrogen-bond donors (Lipinski definition) is 2. The van der Waals surface area contributed by atoms with Crippen LogP contribution in [-0.4, -0.2) is 23.0 Å². The fourth-order valence-electron chi connectivity index (χ4n) is 1.55. The zero-order chi connectivity index (χ0) is 9.68. The molecule has 1 fully saturated rings. The van der Waals surface area contributed by atoms with Crippen LogP contribution in [0.15, 0.2) is 0 Å². The average molecular weight is 202 g/mol. The van der Waals surface area contributed by atoms with Gasteiger partial charge >= 0.3 is 0 Å². The summed E-state index contributed by atoms with van der Waals surface area (Å²) in [7, 11) is 0. The Morgan fingerprint density at radius 3 is 2.54 bits per heavy atom. The SMILES string of the molecule is NC(=O)[C@@H](N)CSC1CCCCC1. The summed E-state index contributed by atoms with van der Waals surface area (Å²) in [5, 5.41) is 0.708. The Bertz CT molecular complexity index is 169. The van der Waals surface area contributed by atoms with Crippen molar-refractivity contribution in [1.29, 1.82) is 0 Å².